The van der Waals surface area contributed by atoms with Crippen LogP contribution in [0.3, 0.4) is 0 Å². The summed E-state index contributed by atoms with van der Waals surface area (Å²) in [7, 11) is 1.62. The van der Waals surface area contributed by atoms with Gasteiger partial charge in [-0.2, -0.15) is 0 Å². The summed E-state index contributed by atoms with van der Waals surface area (Å²) in [5.41, 5.74) is 9.70. The van der Waals surface area contributed by atoms with Crippen molar-refractivity contribution < 1.29 is 19.4 Å². The van der Waals surface area contributed by atoms with Crippen molar-refractivity contribution in [3.8, 4) is 28.3 Å². The molecule has 10 nitrogen and oxygen atoms in total. The van der Waals surface area contributed by atoms with Crippen molar-refractivity contribution in [2.45, 2.75) is 92.9 Å². The number of pyridine rings is 2. The second kappa shape index (κ2) is 13.6. The number of carbonyl (C=O) groups is 1. The van der Waals surface area contributed by atoms with Gasteiger partial charge >= 0.3 is 5.97 Å². The lowest BCUT2D eigenvalue weighted by atomic mass is 9.81. The molecule has 0 saturated carbocycles. The van der Waals surface area contributed by atoms with Gasteiger partial charge in [-0.1, -0.05) is 32.0 Å². The van der Waals surface area contributed by atoms with Crippen LogP contribution in [-0.4, -0.2) is 63.4 Å². The molecule has 50 heavy (non-hydrogen) atoms. The van der Waals surface area contributed by atoms with Gasteiger partial charge in [-0.05, 0) is 101 Å². The molecule has 6 rings (SSSR count). The number of anilines is 2. The summed E-state index contributed by atoms with van der Waals surface area (Å²) in [5.74, 6) is 0.203. The standard InChI is InChI=1S/C40H50N6O4/c1-24-21-31(30-11-10-17-41-36(30)49-9)44-38(42-24)46-18-14-27-22-28(12-13-29(27)23-46)32-25(2)43-26(3)33(35(37(47)48)50-39(4,5)6)34(32)45-19-15-40(7,8)16-20-45/h10-13,17,21-22,35H,14-16,18-20,23H2,1-9H3,(H,47,48)/t35-/m0/s1. The zero-order chi connectivity index (χ0) is 36.0. The first kappa shape index (κ1) is 35.3. The third kappa shape index (κ3) is 7.31. The zero-order valence-electron chi connectivity index (χ0n) is 30.9. The second-order valence-corrected chi connectivity index (χ2v) is 15.4. The van der Waals surface area contributed by atoms with E-state index in [-0.39, 0.29) is 5.41 Å². The second-order valence-electron chi connectivity index (χ2n) is 15.4. The van der Waals surface area contributed by atoms with Gasteiger partial charge in [0.15, 0.2) is 6.10 Å². The Morgan fingerprint density at radius 3 is 2.36 bits per heavy atom. The summed E-state index contributed by atoms with van der Waals surface area (Å²) in [5, 5.41) is 10.6. The van der Waals surface area contributed by atoms with E-state index in [2.05, 4.69) is 46.8 Å². The highest BCUT2D eigenvalue weighted by Gasteiger charge is 2.37. The van der Waals surface area contributed by atoms with E-state index in [1.54, 1.807) is 13.3 Å². The van der Waals surface area contributed by atoms with Gasteiger partial charge in [0, 0.05) is 60.6 Å². The Morgan fingerprint density at radius 2 is 1.68 bits per heavy atom. The quantitative estimate of drug-likeness (QED) is 0.199. The molecule has 1 N–H and O–H groups in total. The van der Waals surface area contributed by atoms with Gasteiger partial charge in [0.25, 0.3) is 0 Å². The number of methoxy groups -OCH3 is 1. The van der Waals surface area contributed by atoms with E-state index in [0.717, 1.165) is 78.4 Å². The van der Waals surface area contributed by atoms with Crippen molar-refractivity contribution in [3.63, 3.8) is 0 Å². The smallest absolute Gasteiger partial charge is 0.337 e. The summed E-state index contributed by atoms with van der Waals surface area (Å²) >= 11 is 0. The fraction of sp³-hybridized carbons (Fsp3) is 0.475. The monoisotopic (exact) mass is 678 g/mol. The molecular weight excluding hydrogens is 628 g/mol. The minimum Gasteiger partial charge on any atom is -0.481 e. The maximum Gasteiger partial charge on any atom is 0.337 e. The van der Waals surface area contributed by atoms with E-state index in [4.69, 9.17) is 24.4 Å². The number of hydrogen-bond acceptors (Lipinski definition) is 9. The van der Waals surface area contributed by atoms with Crippen LogP contribution in [-0.2, 0) is 22.5 Å². The molecule has 2 aliphatic rings. The molecule has 1 fully saturated rings. The molecule has 264 valence electrons. The van der Waals surface area contributed by atoms with Gasteiger partial charge < -0.3 is 24.4 Å². The van der Waals surface area contributed by atoms with Gasteiger partial charge in [-0.25, -0.2) is 19.7 Å². The van der Waals surface area contributed by atoms with Gasteiger partial charge in [-0.3, -0.25) is 4.98 Å². The van der Waals surface area contributed by atoms with E-state index in [1.165, 1.54) is 11.1 Å². The molecule has 1 saturated heterocycles. The van der Waals surface area contributed by atoms with Crippen LogP contribution in [0.15, 0.2) is 42.6 Å². The fourth-order valence-corrected chi connectivity index (χ4v) is 7.21. The lowest BCUT2D eigenvalue weighted by Gasteiger charge is -2.41. The Labute approximate surface area is 295 Å². The first-order chi connectivity index (χ1) is 23.6. The van der Waals surface area contributed by atoms with Crippen LogP contribution in [0.25, 0.3) is 22.4 Å². The molecule has 0 bridgehead atoms. The van der Waals surface area contributed by atoms with Crippen LogP contribution in [0, 0.1) is 26.2 Å². The van der Waals surface area contributed by atoms with E-state index in [1.807, 2.05) is 59.7 Å². The van der Waals surface area contributed by atoms with E-state index >= 15 is 0 Å². The van der Waals surface area contributed by atoms with Crippen LogP contribution in [0.1, 0.15) is 87.3 Å². The summed E-state index contributed by atoms with van der Waals surface area (Å²) in [6.07, 6.45) is 3.41. The molecule has 0 unspecified atom stereocenters. The minimum absolute atomic E-state index is 0.228. The topological polar surface area (TPSA) is 114 Å². The Morgan fingerprint density at radius 1 is 0.940 bits per heavy atom. The maximum atomic E-state index is 12.9. The number of carboxylic acid groups (broad SMARTS) is 1. The lowest BCUT2D eigenvalue weighted by molar-refractivity contribution is -0.160. The largest absolute Gasteiger partial charge is 0.481 e. The molecule has 10 heteroatoms. The van der Waals surface area contributed by atoms with Crippen LogP contribution in [0.5, 0.6) is 5.88 Å². The molecule has 1 aromatic carbocycles. The highest BCUT2D eigenvalue weighted by Crippen LogP contribution is 2.45. The number of aryl methyl sites for hydroxylation is 3. The number of fused-ring (bicyclic) bond motifs is 1. The molecule has 0 spiro atoms. The molecule has 2 aliphatic heterocycles. The average Bonchev–Trinajstić information content (AvgIpc) is 3.06. The molecule has 5 heterocycles. The summed E-state index contributed by atoms with van der Waals surface area (Å²) < 4.78 is 11.8. The molecule has 0 radical (unpaired) electrons. The Balaban J connectivity index is 1.40. The van der Waals surface area contributed by atoms with Crippen molar-refractivity contribution in [2.24, 2.45) is 5.41 Å². The maximum absolute atomic E-state index is 12.9. The molecule has 0 amide bonds. The summed E-state index contributed by atoms with van der Waals surface area (Å²) in [6, 6.07) is 12.4. The predicted octanol–water partition coefficient (Wildman–Crippen LogP) is 7.66. The summed E-state index contributed by atoms with van der Waals surface area (Å²) in [6.45, 7) is 19.3. The SMILES string of the molecule is COc1ncccc1-c1cc(C)nc(N2CCc3cc(-c4c(C)nc(C)c([C@H](OC(C)(C)C)C(=O)O)c4N4CCC(C)(C)CC4)ccc3C2)n1. The Hall–Kier alpha value is -4.57. The Bertz CT molecular complexity index is 1910. The van der Waals surface area contributed by atoms with Crippen LogP contribution >= 0.6 is 0 Å². The van der Waals surface area contributed by atoms with Crippen LogP contribution < -0.4 is 14.5 Å². The minimum atomic E-state index is -1.15. The van der Waals surface area contributed by atoms with Gasteiger partial charge in [0.2, 0.25) is 11.8 Å². The van der Waals surface area contributed by atoms with Gasteiger partial charge in [0.05, 0.1) is 29.7 Å². The third-order valence-electron chi connectivity index (χ3n) is 9.84. The number of ether oxygens (including phenoxy) is 2. The molecule has 3 aromatic heterocycles. The van der Waals surface area contributed by atoms with E-state index < -0.39 is 17.7 Å². The summed E-state index contributed by atoms with van der Waals surface area (Å²) in [4.78, 5) is 36.6. The van der Waals surface area contributed by atoms with Crippen molar-refractivity contribution in [1.82, 2.24) is 19.9 Å². The first-order valence-corrected chi connectivity index (χ1v) is 17.5. The molecule has 1 atom stereocenters. The molecule has 4 aromatic rings. The van der Waals surface area contributed by atoms with Crippen LogP contribution in [0.4, 0.5) is 11.6 Å². The zero-order valence-corrected chi connectivity index (χ0v) is 30.9. The number of benzene rings is 1. The average molecular weight is 679 g/mol. The number of hydrogen-bond donors (Lipinski definition) is 1. The number of aliphatic carboxylic acids is 1. The van der Waals surface area contributed by atoms with Crippen molar-refractivity contribution in [3.05, 3.63) is 76.4 Å². The van der Waals surface area contributed by atoms with Gasteiger partial charge in [-0.15, -0.1) is 0 Å². The van der Waals surface area contributed by atoms with E-state index in [0.29, 0.717) is 29.6 Å². The van der Waals surface area contributed by atoms with Crippen molar-refractivity contribution in [2.75, 3.05) is 36.5 Å². The first-order valence-electron chi connectivity index (χ1n) is 17.5. The predicted molar refractivity (Wildman–Crippen MR) is 197 cm³/mol. The number of carboxylic acids is 1. The van der Waals surface area contributed by atoms with Crippen molar-refractivity contribution >= 4 is 17.6 Å². The lowest BCUT2D eigenvalue weighted by Crippen LogP contribution is -2.39. The third-order valence-corrected chi connectivity index (χ3v) is 9.84. The fourth-order valence-electron chi connectivity index (χ4n) is 7.21. The molecule has 0 aliphatic carbocycles. The number of piperidine rings is 1. The normalized spacial score (nSPS) is 16.6. The van der Waals surface area contributed by atoms with Crippen LogP contribution in [0.2, 0.25) is 0 Å². The number of aromatic nitrogens is 4. The Kier molecular flexibility index (Phi) is 9.61. The number of nitrogens with zero attached hydrogens (tertiary/aromatic N) is 6. The molecular formula is C40H50N6O4. The highest BCUT2D eigenvalue weighted by molar-refractivity contribution is 5.88. The van der Waals surface area contributed by atoms with E-state index in [9.17, 15) is 9.90 Å². The van der Waals surface area contributed by atoms with Gasteiger partial charge in [0.1, 0.15) is 0 Å². The highest BCUT2D eigenvalue weighted by atomic mass is 16.5. The van der Waals surface area contributed by atoms with Crippen molar-refractivity contribution in [1.29, 1.82) is 0 Å². The number of rotatable bonds is 8.